The fourth-order valence-corrected chi connectivity index (χ4v) is 3.40. The molecule has 25 heavy (non-hydrogen) atoms. The number of pyridine rings is 1. The lowest BCUT2D eigenvalue weighted by atomic mass is 10.1. The Morgan fingerprint density at radius 3 is 2.68 bits per heavy atom. The summed E-state index contributed by atoms with van der Waals surface area (Å²) in [6.45, 7) is 6.28. The summed E-state index contributed by atoms with van der Waals surface area (Å²) in [5, 5.41) is 0.625. The molecule has 1 aliphatic rings. The third kappa shape index (κ3) is 4.06. The van der Waals surface area contributed by atoms with Gasteiger partial charge in [0.2, 0.25) is 0 Å². The van der Waals surface area contributed by atoms with Gasteiger partial charge in [-0.2, -0.15) is 0 Å². The maximum atomic E-state index is 12.7. The Hall–Kier alpha value is -2.66. The molecular formula is C20H19N3OS. The van der Waals surface area contributed by atoms with Crippen molar-refractivity contribution in [2.45, 2.75) is 13.3 Å². The third-order valence-electron chi connectivity index (χ3n) is 3.74. The fourth-order valence-electron chi connectivity index (χ4n) is 2.40. The molecule has 126 valence electrons. The van der Waals surface area contributed by atoms with E-state index in [1.54, 1.807) is 17.2 Å². The van der Waals surface area contributed by atoms with Crippen molar-refractivity contribution in [3.63, 3.8) is 0 Å². The molecule has 0 saturated carbocycles. The Balaban J connectivity index is 1.91. The minimum atomic E-state index is -0.0563. The van der Waals surface area contributed by atoms with Gasteiger partial charge < -0.3 is 0 Å². The van der Waals surface area contributed by atoms with Crippen LogP contribution in [0, 0.1) is 0 Å². The number of amides is 1. The molecule has 1 saturated heterocycles. The van der Waals surface area contributed by atoms with E-state index in [2.05, 4.69) is 35.6 Å². The van der Waals surface area contributed by atoms with Gasteiger partial charge in [-0.25, -0.2) is 9.98 Å². The molecule has 1 aliphatic heterocycles. The SMILES string of the molecule is C=CCN1C(=O)/C(=C/c2ccc(CC)cc2)S/C1=N/c1ccccn1. The maximum absolute atomic E-state index is 12.7. The molecule has 3 rings (SSSR count). The van der Waals surface area contributed by atoms with Crippen LogP contribution in [0.3, 0.4) is 0 Å². The molecule has 5 heteroatoms. The predicted molar refractivity (Wildman–Crippen MR) is 105 cm³/mol. The summed E-state index contributed by atoms with van der Waals surface area (Å²) in [4.78, 5) is 23.7. The van der Waals surface area contributed by atoms with Gasteiger partial charge in [-0.15, -0.1) is 6.58 Å². The summed E-state index contributed by atoms with van der Waals surface area (Å²) in [7, 11) is 0. The van der Waals surface area contributed by atoms with E-state index >= 15 is 0 Å². The van der Waals surface area contributed by atoms with E-state index in [9.17, 15) is 4.79 Å². The molecule has 0 N–H and O–H groups in total. The normalized spacial score (nSPS) is 17.5. The van der Waals surface area contributed by atoms with E-state index in [-0.39, 0.29) is 5.91 Å². The zero-order valence-electron chi connectivity index (χ0n) is 14.1. The second-order valence-corrected chi connectivity index (χ2v) is 6.50. The number of carbonyl (C=O) groups excluding carboxylic acids is 1. The van der Waals surface area contributed by atoms with Crippen LogP contribution in [-0.2, 0) is 11.2 Å². The number of rotatable bonds is 5. The van der Waals surface area contributed by atoms with E-state index < -0.39 is 0 Å². The number of hydrogen-bond acceptors (Lipinski definition) is 4. The number of hydrogen-bond donors (Lipinski definition) is 0. The van der Waals surface area contributed by atoms with E-state index in [1.165, 1.54) is 17.3 Å². The van der Waals surface area contributed by atoms with Crippen LogP contribution in [0.5, 0.6) is 0 Å². The number of amidine groups is 1. The molecule has 0 radical (unpaired) electrons. The van der Waals surface area contributed by atoms with Crippen LogP contribution in [-0.4, -0.2) is 27.5 Å². The van der Waals surface area contributed by atoms with E-state index in [0.717, 1.165) is 12.0 Å². The molecule has 0 bridgehead atoms. The van der Waals surface area contributed by atoms with Crippen molar-refractivity contribution >= 4 is 34.7 Å². The quantitative estimate of drug-likeness (QED) is 0.592. The number of nitrogens with zero attached hydrogens (tertiary/aromatic N) is 3. The second-order valence-electron chi connectivity index (χ2n) is 5.49. The van der Waals surface area contributed by atoms with Crippen LogP contribution in [0.4, 0.5) is 5.82 Å². The van der Waals surface area contributed by atoms with Gasteiger partial charge in [0.05, 0.1) is 4.91 Å². The Kier molecular flexibility index (Phi) is 5.46. The highest BCUT2D eigenvalue weighted by Crippen LogP contribution is 2.33. The molecule has 0 atom stereocenters. The van der Waals surface area contributed by atoms with Crippen LogP contribution < -0.4 is 0 Å². The molecule has 1 fully saturated rings. The van der Waals surface area contributed by atoms with Crippen molar-refractivity contribution in [1.29, 1.82) is 0 Å². The second kappa shape index (κ2) is 7.94. The molecular weight excluding hydrogens is 330 g/mol. The van der Waals surface area contributed by atoms with E-state index in [4.69, 9.17) is 0 Å². The Morgan fingerprint density at radius 1 is 1.24 bits per heavy atom. The average Bonchev–Trinajstić information content (AvgIpc) is 2.92. The molecule has 0 aliphatic carbocycles. The van der Waals surface area contributed by atoms with E-state index in [1.807, 2.05) is 36.4 Å². The first kappa shape index (κ1) is 17.2. The molecule has 1 aromatic heterocycles. The fraction of sp³-hybridized carbons (Fsp3) is 0.150. The minimum Gasteiger partial charge on any atom is -0.282 e. The summed E-state index contributed by atoms with van der Waals surface area (Å²) in [5.41, 5.74) is 2.28. The Labute approximate surface area is 152 Å². The van der Waals surface area contributed by atoms with Crippen molar-refractivity contribution in [2.75, 3.05) is 6.54 Å². The summed E-state index contributed by atoms with van der Waals surface area (Å²) in [6.07, 6.45) is 6.29. The lowest BCUT2D eigenvalue weighted by molar-refractivity contribution is -0.121. The number of aliphatic imine (C=N–C) groups is 1. The van der Waals surface area contributed by atoms with Crippen molar-refractivity contribution < 1.29 is 4.79 Å². The maximum Gasteiger partial charge on any atom is 0.267 e. The van der Waals surface area contributed by atoms with Crippen LogP contribution in [0.1, 0.15) is 18.1 Å². The standard InChI is InChI=1S/C20H19N3OS/c1-3-13-23-19(24)17(14-16-10-8-15(4-2)9-11-16)25-20(23)22-18-7-5-6-12-21-18/h3,5-12,14H,1,4,13H2,2H3/b17-14-,22-20+. The number of aromatic nitrogens is 1. The first-order chi connectivity index (χ1) is 12.2. The largest absolute Gasteiger partial charge is 0.282 e. The smallest absolute Gasteiger partial charge is 0.267 e. The van der Waals surface area contributed by atoms with Gasteiger partial charge in [0, 0.05) is 12.7 Å². The van der Waals surface area contributed by atoms with Gasteiger partial charge >= 0.3 is 0 Å². The zero-order chi connectivity index (χ0) is 17.6. The molecule has 4 nitrogen and oxygen atoms in total. The van der Waals surface area contributed by atoms with E-state index in [0.29, 0.717) is 22.4 Å². The lowest BCUT2D eigenvalue weighted by Gasteiger charge is -2.12. The minimum absolute atomic E-state index is 0.0563. The number of carbonyl (C=O) groups is 1. The average molecular weight is 349 g/mol. The Morgan fingerprint density at radius 2 is 2.04 bits per heavy atom. The predicted octanol–water partition coefficient (Wildman–Crippen LogP) is 4.43. The summed E-state index contributed by atoms with van der Waals surface area (Å²) in [6, 6.07) is 13.8. The molecule has 1 aromatic carbocycles. The summed E-state index contributed by atoms with van der Waals surface area (Å²) >= 11 is 1.37. The monoisotopic (exact) mass is 349 g/mol. The lowest BCUT2D eigenvalue weighted by Crippen LogP contribution is -2.29. The molecule has 2 aromatic rings. The highest BCUT2D eigenvalue weighted by Gasteiger charge is 2.32. The van der Waals surface area contributed by atoms with Crippen molar-refractivity contribution in [1.82, 2.24) is 9.88 Å². The van der Waals surface area contributed by atoms with Gasteiger partial charge in [-0.1, -0.05) is 43.3 Å². The Bertz CT molecular complexity index is 826. The van der Waals surface area contributed by atoms with Gasteiger partial charge in [-0.3, -0.25) is 9.69 Å². The number of benzene rings is 1. The van der Waals surface area contributed by atoms with Gasteiger partial charge in [0.25, 0.3) is 5.91 Å². The van der Waals surface area contributed by atoms with Crippen molar-refractivity contribution in [3.8, 4) is 0 Å². The highest BCUT2D eigenvalue weighted by molar-refractivity contribution is 8.18. The molecule has 0 unspecified atom stereocenters. The van der Waals surface area contributed by atoms with Crippen LogP contribution in [0.2, 0.25) is 0 Å². The highest BCUT2D eigenvalue weighted by atomic mass is 32.2. The first-order valence-corrected chi connectivity index (χ1v) is 8.94. The third-order valence-corrected chi connectivity index (χ3v) is 4.75. The zero-order valence-corrected chi connectivity index (χ0v) is 14.9. The van der Waals surface area contributed by atoms with Gasteiger partial charge in [0.15, 0.2) is 11.0 Å². The number of aryl methyl sites for hydroxylation is 1. The number of thioether (sulfide) groups is 1. The van der Waals surface area contributed by atoms with Crippen LogP contribution in [0.15, 0.2) is 71.2 Å². The van der Waals surface area contributed by atoms with Gasteiger partial charge in [-0.05, 0) is 47.5 Å². The van der Waals surface area contributed by atoms with Crippen LogP contribution in [0.25, 0.3) is 6.08 Å². The van der Waals surface area contributed by atoms with Crippen molar-refractivity contribution in [3.05, 3.63) is 77.3 Å². The topological polar surface area (TPSA) is 45.6 Å². The molecule has 1 amide bonds. The van der Waals surface area contributed by atoms with Crippen LogP contribution >= 0.6 is 11.8 Å². The summed E-state index contributed by atoms with van der Waals surface area (Å²) < 4.78 is 0. The molecule has 2 heterocycles. The first-order valence-electron chi connectivity index (χ1n) is 8.12. The summed E-state index contributed by atoms with van der Waals surface area (Å²) in [5.74, 6) is 0.527. The van der Waals surface area contributed by atoms with Gasteiger partial charge in [0.1, 0.15) is 0 Å². The van der Waals surface area contributed by atoms with Crippen molar-refractivity contribution in [2.24, 2.45) is 4.99 Å². The molecule has 0 spiro atoms.